The van der Waals surface area contributed by atoms with E-state index < -0.39 is 5.97 Å². The topological polar surface area (TPSA) is 39.2 Å². The van der Waals surface area contributed by atoms with E-state index in [1.165, 1.54) is 12.4 Å². The Hall–Kier alpha value is -1.09. The molecule has 1 heterocycles. The highest BCUT2D eigenvalue weighted by molar-refractivity contribution is 6.33. The number of aromatic nitrogens is 1. The van der Waals surface area contributed by atoms with Crippen LogP contribution in [0.4, 0.5) is 0 Å². The fourth-order valence-electron chi connectivity index (χ4n) is 1.12. The molecule has 0 saturated carbocycles. The molecule has 0 unspecified atom stereocenters. The number of nitrogens with zero attached hydrogens (tertiary/aromatic N) is 1. The van der Waals surface area contributed by atoms with Gasteiger partial charge in [-0.2, -0.15) is 0 Å². The van der Waals surface area contributed by atoms with E-state index >= 15 is 0 Å². The van der Waals surface area contributed by atoms with Crippen LogP contribution >= 0.6 is 11.6 Å². The van der Waals surface area contributed by atoms with E-state index in [0.29, 0.717) is 17.2 Å². The fourth-order valence-corrected chi connectivity index (χ4v) is 1.30. The van der Waals surface area contributed by atoms with Gasteiger partial charge < -0.3 is 4.74 Å². The van der Waals surface area contributed by atoms with Crippen molar-refractivity contribution >= 4 is 17.6 Å². The first-order chi connectivity index (χ1) is 7.25. The molecule has 15 heavy (non-hydrogen) atoms. The number of hydrogen-bond acceptors (Lipinski definition) is 3. The van der Waals surface area contributed by atoms with Crippen molar-refractivity contribution in [1.82, 2.24) is 4.98 Å². The molecule has 0 radical (unpaired) electrons. The van der Waals surface area contributed by atoms with E-state index in [4.69, 9.17) is 16.3 Å². The molecule has 0 aliphatic heterocycles. The Balaban J connectivity index is 2.44. The van der Waals surface area contributed by atoms with Crippen LogP contribution in [0.1, 0.15) is 36.5 Å². The molecule has 1 aromatic heterocycles. The molecule has 0 spiro atoms. The van der Waals surface area contributed by atoms with Crippen LogP contribution in [0.2, 0.25) is 5.02 Å². The molecule has 1 aromatic rings. The van der Waals surface area contributed by atoms with Crippen LogP contribution in [0.3, 0.4) is 0 Å². The van der Waals surface area contributed by atoms with Crippen molar-refractivity contribution in [1.29, 1.82) is 0 Å². The Bertz CT molecular complexity index is 328. The van der Waals surface area contributed by atoms with Gasteiger partial charge in [-0.15, -0.1) is 0 Å². The molecule has 0 N–H and O–H groups in total. The molecule has 1 rings (SSSR count). The average molecular weight is 228 g/mol. The first-order valence-electron chi connectivity index (χ1n) is 5.02. The van der Waals surface area contributed by atoms with E-state index in [1.54, 1.807) is 6.07 Å². The summed E-state index contributed by atoms with van der Waals surface area (Å²) in [5.74, 6) is -0.399. The van der Waals surface area contributed by atoms with Crippen molar-refractivity contribution in [3.63, 3.8) is 0 Å². The highest BCUT2D eigenvalue weighted by Gasteiger charge is 2.10. The summed E-state index contributed by atoms with van der Waals surface area (Å²) in [6.07, 6.45) is 6.01. The molecule has 0 amide bonds. The lowest BCUT2D eigenvalue weighted by molar-refractivity contribution is 0.0498. The van der Waals surface area contributed by atoms with Gasteiger partial charge in [-0.25, -0.2) is 4.79 Å². The van der Waals surface area contributed by atoms with Gasteiger partial charge in [0.25, 0.3) is 0 Å². The Labute approximate surface area is 94.4 Å². The molecule has 0 atom stereocenters. The minimum Gasteiger partial charge on any atom is -0.462 e. The Morgan fingerprint density at radius 2 is 2.33 bits per heavy atom. The van der Waals surface area contributed by atoms with Crippen molar-refractivity contribution in [2.45, 2.75) is 26.2 Å². The number of ether oxygens (including phenoxy) is 1. The lowest BCUT2D eigenvalue weighted by atomic mass is 10.2. The summed E-state index contributed by atoms with van der Waals surface area (Å²) in [6.45, 7) is 2.54. The minimum absolute atomic E-state index is 0.329. The van der Waals surface area contributed by atoms with Gasteiger partial charge >= 0.3 is 5.97 Å². The summed E-state index contributed by atoms with van der Waals surface area (Å²) < 4.78 is 5.05. The van der Waals surface area contributed by atoms with Crippen LogP contribution in [0.25, 0.3) is 0 Å². The minimum atomic E-state index is -0.399. The maximum Gasteiger partial charge on any atom is 0.341 e. The summed E-state index contributed by atoms with van der Waals surface area (Å²) in [5, 5.41) is 0.380. The summed E-state index contributed by atoms with van der Waals surface area (Å²) in [7, 11) is 0. The van der Waals surface area contributed by atoms with Crippen molar-refractivity contribution in [2.24, 2.45) is 0 Å². The number of hydrogen-bond donors (Lipinski definition) is 0. The Kier molecular flexibility index (Phi) is 5.12. The standard InChI is InChI=1S/C11H14ClNO2/c1-2-3-4-7-15-11(14)9-8-13-6-5-10(9)12/h5-6,8H,2-4,7H2,1H3. The number of pyridine rings is 1. The van der Waals surface area contributed by atoms with Crippen molar-refractivity contribution in [3.8, 4) is 0 Å². The van der Waals surface area contributed by atoms with Crippen molar-refractivity contribution in [2.75, 3.05) is 6.61 Å². The van der Waals surface area contributed by atoms with E-state index in [-0.39, 0.29) is 0 Å². The number of carbonyl (C=O) groups excluding carboxylic acids is 1. The van der Waals surface area contributed by atoms with Crippen LogP contribution in [0.5, 0.6) is 0 Å². The normalized spacial score (nSPS) is 10.0. The molecule has 0 saturated heterocycles. The second-order valence-corrected chi connectivity index (χ2v) is 3.61. The lowest BCUT2D eigenvalue weighted by Crippen LogP contribution is -2.07. The maximum atomic E-state index is 11.5. The van der Waals surface area contributed by atoms with Crippen LogP contribution in [0.15, 0.2) is 18.5 Å². The van der Waals surface area contributed by atoms with E-state index in [2.05, 4.69) is 11.9 Å². The average Bonchev–Trinajstić information content (AvgIpc) is 2.25. The molecule has 0 aliphatic carbocycles. The van der Waals surface area contributed by atoms with Gasteiger partial charge in [-0.3, -0.25) is 4.98 Å². The van der Waals surface area contributed by atoms with Gasteiger partial charge in [0.1, 0.15) is 0 Å². The molecule has 0 aromatic carbocycles. The monoisotopic (exact) mass is 227 g/mol. The largest absolute Gasteiger partial charge is 0.462 e. The first kappa shape index (κ1) is 12.0. The number of rotatable bonds is 5. The van der Waals surface area contributed by atoms with E-state index in [1.807, 2.05) is 0 Å². The summed E-state index contributed by atoms with van der Waals surface area (Å²) in [6, 6.07) is 1.57. The molecule has 0 aliphatic rings. The van der Waals surface area contributed by atoms with Crippen LogP contribution in [-0.4, -0.2) is 17.6 Å². The van der Waals surface area contributed by atoms with Gasteiger partial charge in [-0.05, 0) is 12.5 Å². The van der Waals surface area contributed by atoms with E-state index in [0.717, 1.165) is 19.3 Å². The molecular weight excluding hydrogens is 214 g/mol. The second-order valence-electron chi connectivity index (χ2n) is 3.20. The van der Waals surface area contributed by atoms with Gasteiger partial charge in [0.05, 0.1) is 17.2 Å². The Morgan fingerprint density at radius 1 is 1.53 bits per heavy atom. The van der Waals surface area contributed by atoms with E-state index in [9.17, 15) is 4.79 Å². The predicted octanol–water partition coefficient (Wildman–Crippen LogP) is 3.08. The third-order valence-electron chi connectivity index (χ3n) is 1.97. The number of esters is 1. The number of halogens is 1. The quantitative estimate of drug-likeness (QED) is 0.573. The van der Waals surface area contributed by atoms with Crippen LogP contribution < -0.4 is 0 Å². The fraction of sp³-hybridized carbons (Fsp3) is 0.455. The molecule has 4 heteroatoms. The van der Waals surface area contributed by atoms with Gasteiger partial charge in [0.2, 0.25) is 0 Å². The first-order valence-corrected chi connectivity index (χ1v) is 5.40. The third kappa shape index (κ3) is 3.88. The number of carbonyl (C=O) groups is 1. The summed E-state index contributed by atoms with van der Waals surface area (Å²) >= 11 is 5.82. The number of unbranched alkanes of at least 4 members (excludes halogenated alkanes) is 2. The zero-order valence-electron chi connectivity index (χ0n) is 8.70. The van der Waals surface area contributed by atoms with Crippen LogP contribution in [0, 0.1) is 0 Å². The Morgan fingerprint density at radius 3 is 3.00 bits per heavy atom. The highest BCUT2D eigenvalue weighted by Crippen LogP contribution is 2.14. The molecule has 3 nitrogen and oxygen atoms in total. The highest BCUT2D eigenvalue weighted by atomic mass is 35.5. The molecular formula is C11H14ClNO2. The summed E-state index contributed by atoms with van der Waals surface area (Å²) in [4.78, 5) is 15.3. The molecule has 0 bridgehead atoms. The van der Waals surface area contributed by atoms with Gasteiger partial charge in [-0.1, -0.05) is 31.4 Å². The zero-order chi connectivity index (χ0) is 11.1. The lowest BCUT2D eigenvalue weighted by Gasteiger charge is -2.04. The second kappa shape index (κ2) is 6.40. The van der Waals surface area contributed by atoms with Crippen LogP contribution in [-0.2, 0) is 4.74 Å². The molecule has 82 valence electrons. The third-order valence-corrected chi connectivity index (χ3v) is 2.30. The predicted molar refractivity (Wildman–Crippen MR) is 59.1 cm³/mol. The SMILES string of the molecule is CCCCCOC(=O)c1cnccc1Cl. The summed E-state index contributed by atoms with van der Waals surface area (Å²) in [5.41, 5.74) is 0.329. The van der Waals surface area contributed by atoms with Gasteiger partial charge in [0, 0.05) is 12.4 Å². The zero-order valence-corrected chi connectivity index (χ0v) is 9.46. The van der Waals surface area contributed by atoms with Gasteiger partial charge in [0.15, 0.2) is 0 Å². The molecule has 0 fully saturated rings. The maximum absolute atomic E-state index is 11.5. The smallest absolute Gasteiger partial charge is 0.341 e. The van der Waals surface area contributed by atoms with Crippen molar-refractivity contribution < 1.29 is 9.53 Å². The van der Waals surface area contributed by atoms with Crippen molar-refractivity contribution in [3.05, 3.63) is 29.0 Å².